The van der Waals surface area contributed by atoms with Crippen molar-refractivity contribution in [3.8, 4) is 0 Å². The van der Waals surface area contributed by atoms with Crippen molar-refractivity contribution in [1.82, 2.24) is 0 Å². The van der Waals surface area contributed by atoms with Crippen LogP contribution in [0, 0.1) is 0 Å². The molecule has 0 aliphatic carbocycles. The maximum Gasteiger partial charge on any atom is 0.366 e. The number of carbonyl (C=O) groups excluding carboxylic acids is 2. The van der Waals surface area contributed by atoms with Crippen molar-refractivity contribution in [3.63, 3.8) is 0 Å². The van der Waals surface area contributed by atoms with Crippen LogP contribution in [0.25, 0.3) is 0 Å². The molecule has 0 saturated carbocycles. The van der Waals surface area contributed by atoms with Gasteiger partial charge in [-0.25, -0.2) is 9.59 Å². The van der Waals surface area contributed by atoms with E-state index in [4.69, 9.17) is 23.7 Å². The van der Waals surface area contributed by atoms with Gasteiger partial charge in [0.2, 0.25) is 0 Å². The van der Waals surface area contributed by atoms with E-state index in [1.807, 2.05) is 30.3 Å². The Hall–Kier alpha value is -2.04. The van der Waals surface area contributed by atoms with Crippen LogP contribution in [0.5, 0.6) is 0 Å². The highest BCUT2D eigenvalue weighted by Crippen LogP contribution is 2.42. The van der Waals surface area contributed by atoms with Crippen molar-refractivity contribution in [3.05, 3.63) is 35.9 Å². The second kappa shape index (κ2) is 9.40. The molecule has 2 saturated heterocycles. The van der Waals surface area contributed by atoms with Crippen LogP contribution in [0.2, 0.25) is 0 Å². The SMILES string of the molecule is CCOC(=O)[C@]1(O)C[C@H]([C@@H]2O[C@H]2COCc2ccccc2)O[C@](O)(C(=O)OCC)C1. The molecule has 1 aromatic rings. The fourth-order valence-corrected chi connectivity index (χ4v) is 3.59. The molecule has 0 unspecified atom stereocenters. The quantitative estimate of drug-likeness (QED) is 0.435. The van der Waals surface area contributed by atoms with Gasteiger partial charge >= 0.3 is 11.9 Å². The highest BCUT2D eigenvalue weighted by atomic mass is 16.7. The number of esters is 2. The molecule has 2 aliphatic rings. The van der Waals surface area contributed by atoms with Gasteiger partial charge in [-0.3, -0.25) is 0 Å². The third kappa shape index (κ3) is 5.16. The van der Waals surface area contributed by atoms with Crippen molar-refractivity contribution in [2.75, 3.05) is 19.8 Å². The molecule has 2 heterocycles. The lowest BCUT2D eigenvalue weighted by molar-refractivity contribution is -0.291. The molecule has 166 valence electrons. The number of hydrogen-bond acceptors (Lipinski definition) is 9. The molecule has 0 radical (unpaired) electrons. The molecule has 9 heteroatoms. The van der Waals surface area contributed by atoms with E-state index in [-0.39, 0.29) is 32.3 Å². The maximum atomic E-state index is 12.3. The molecule has 0 aromatic heterocycles. The summed E-state index contributed by atoms with van der Waals surface area (Å²) in [6.07, 6.45) is -2.70. The topological polar surface area (TPSA) is 124 Å². The van der Waals surface area contributed by atoms with Crippen molar-refractivity contribution in [1.29, 1.82) is 0 Å². The van der Waals surface area contributed by atoms with Crippen molar-refractivity contribution in [2.45, 2.75) is 63.0 Å². The Morgan fingerprint density at radius 1 is 1.10 bits per heavy atom. The normalized spacial score (nSPS) is 33.0. The van der Waals surface area contributed by atoms with Crippen LogP contribution in [-0.2, 0) is 39.9 Å². The number of aliphatic hydroxyl groups is 2. The predicted molar refractivity (Wildman–Crippen MR) is 102 cm³/mol. The second-order valence-electron chi connectivity index (χ2n) is 7.43. The van der Waals surface area contributed by atoms with Crippen molar-refractivity contribution < 1.29 is 43.5 Å². The molecule has 2 fully saturated rings. The van der Waals surface area contributed by atoms with E-state index < -0.39 is 42.0 Å². The van der Waals surface area contributed by atoms with E-state index in [2.05, 4.69) is 0 Å². The molecule has 1 aromatic carbocycles. The Balaban J connectivity index is 1.64. The summed E-state index contributed by atoms with van der Waals surface area (Å²) in [5.74, 6) is -4.49. The van der Waals surface area contributed by atoms with Crippen LogP contribution in [-0.4, -0.2) is 71.7 Å². The summed E-state index contributed by atoms with van der Waals surface area (Å²) in [7, 11) is 0. The van der Waals surface area contributed by atoms with E-state index in [9.17, 15) is 19.8 Å². The van der Waals surface area contributed by atoms with Gasteiger partial charge in [-0.2, -0.15) is 0 Å². The van der Waals surface area contributed by atoms with Gasteiger partial charge < -0.3 is 33.9 Å². The predicted octanol–water partition coefficient (Wildman–Crippen LogP) is 0.695. The highest BCUT2D eigenvalue weighted by Gasteiger charge is 2.61. The summed E-state index contributed by atoms with van der Waals surface area (Å²) in [4.78, 5) is 24.6. The standard InChI is InChI=1S/C21H28O9/c1-3-27-18(22)20(24)10-15(30-21(25,13-20)19(23)28-4-2)17-16(29-17)12-26-11-14-8-6-5-7-9-14/h5-9,15-17,24-25H,3-4,10-13H2,1-2H3/t15-,16+,17+,20+,21+/m1/s1. The minimum absolute atomic E-state index is 0.00286. The summed E-state index contributed by atoms with van der Waals surface area (Å²) in [6.45, 7) is 3.87. The summed E-state index contributed by atoms with van der Waals surface area (Å²) < 4.78 is 26.6. The first-order valence-corrected chi connectivity index (χ1v) is 10.1. The zero-order chi connectivity index (χ0) is 21.8. The van der Waals surface area contributed by atoms with Gasteiger partial charge in [0, 0.05) is 6.42 Å². The molecule has 5 atom stereocenters. The lowest BCUT2D eigenvalue weighted by Crippen LogP contribution is -2.61. The number of benzene rings is 1. The van der Waals surface area contributed by atoms with Crippen LogP contribution < -0.4 is 0 Å². The molecule has 3 rings (SSSR count). The smallest absolute Gasteiger partial charge is 0.366 e. The number of hydrogen-bond donors (Lipinski definition) is 2. The summed E-state index contributed by atoms with van der Waals surface area (Å²) in [6, 6.07) is 9.62. The molecule has 0 bridgehead atoms. The number of carbonyl (C=O) groups is 2. The third-order valence-electron chi connectivity index (χ3n) is 5.05. The zero-order valence-corrected chi connectivity index (χ0v) is 17.1. The Labute approximate surface area is 174 Å². The summed E-state index contributed by atoms with van der Waals surface area (Å²) in [5, 5.41) is 21.6. The van der Waals surface area contributed by atoms with Gasteiger partial charge in [0.1, 0.15) is 12.2 Å². The maximum absolute atomic E-state index is 12.3. The van der Waals surface area contributed by atoms with Gasteiger partial charge in [-0.05, 0) is 19.4 Å². The lowest BCUT2D eigenvalue weighted by atomic mass is 9.83. The fourth-order valence-electron chi connectivity index (χ4n) is 3.59. The van der Waals surface area contributed by atoms with E-state index in [1.54, 1.807) is 13.8 Å². The first-order chi connectivity index (χ1) is 14.3. The van der Waals surface area contributed by atoms with E-state index in [0.717, 1.165) is 5.56 Å². The molecule has 2 N–H and O–H groups in total. The van der Waals surface area contributed by atoms with Crippen molar-refractivity contribution in [2.24, 2.45) is 0 Å². The van der Waals surface area contributed by atoms with Crippen LogP contribution >= 0.6 is 0 Å². The van der Waals surface area contributed by atoms with Gasteiger partial charge in [0.25, 0.3) is 5.79 Å². The van der Waals surface area contributed by atoms with Gasteiger partial charge in [0.15, 0.2) is 5.60 Å². The number of ether oxygens (including phenoxy) is 5. The third-order valence-corrected chi connectivity index (χ3v) is 5.05. The first-order valence-electron chi connectivity index (χ1n) is 10.1. The first kappa shape index (κ1) is 22.6. The summed E-state index contributed by atoms with van der Waals surface area (Å²) in [5.41, 5.74) is -1.10. The largest absolute Gasteiger partial charge is 0.464 e. The van der Waals surface area contributed by atoms with Crippen LogP contribution in [0.1, 0.15) is 32.3 Å². The monoisotopic (exact) mass is 424 g/mol. The highest BCUT2D eigenvalue weighted by molar-refractivity contribution is 5.83. The Morgan fingerprint density at radius 2 is 1.77 bits per heavy atom. The molecular weight excluding hydrogens is 396 g/mol. The Morgan fingerprint density at radius 3 is 2.43 bits per heavy atom. The van der Waals surface area contributed by atoms with E-state index in [0.29, 0.717) is 6.61 Å². The Bertz CT molecular complexity index is 707. The molecule has 30 heavy (non-hydrogen) atoms. The summed E-state index contributed by atoms with van der Waals surface area (Å²) >= 11 is 0. The van der Waals surface area contributed by atoms with Crippen LogP contribution in [0.4, 0.5) is 0 Å². The molecule has 0 spiro atoms. The van der Waals surface area contributed by atoms with E-state index >= 15 is 0 Å². The molecular formula is C21H28O9. The Kier molecular flexibility index (Phi) is 7.10. The number of epoxide rings is 1. The average molecular weight is 424 g/mol. The van der Waals surface area contributed by atoms with Crippen LogP contribution in [0.3, 0.4) is 0 Å². The van der Waals surface area contributed by atoms with Gasteiger partial charge in [-0.1, -0.05) is 30.3 Å². The van der Waals surface area contributed by atoms with Crippen LogP contribution in [0.15, 0.2) is 30.3 Å². The molecule has 2 aliphatic heterocycles. The lowest BCUT2D eigenvalue weighted by Gasteiger charge is -2.42. The molecule has 9 nitrogen and oxygen atoms in total. The molecule has 0 amide bonds. The minimum atomic E-state index is -2.48. The van der Waals surface area contributed by atoms with Crippen molar-refractivity contribution >= 4 is 11.9 Å². The van der Waals surface area contributed by atoms with Gasteiger partial charge in [-0.15, -0.1) is 0 Å². The second-order valence-corrected chi connectivity index (χ2v) is 7.43. The number of rotatable bonds is 9. The fraction of sp³-hybridized carbons (Fsp3) is 0.619. The van der Waals surface area contributed by atoms with Gasteiger partial charge in [0.05, 0.1) is 39.0 Å². The average Bonchev–Trinajstić information content (AvgIpc) is 3.48. The minimum Gasteiger partial charge on any atom is -0.464 e. The van der Waals surface area contributed by atoms with E-state index in [1.165, 1.54) is 0 Å². The zero-order valence-electron chi connectivity index (χ0n) is 17.1.